The Hall–Kier alpha value is -1.49. The Kier molecular flexibility index (Phi) is 5.06. The Morgan fingerprint density at radius 1 is 1.45 bits per heavy atom. The molecule has 1 saturated carbocycles. The van der Waals surface area contributed by atoms with Gasteiger partial charge in [-0.2, -0.15) is 0 Å². The highest BCUT2D eigenvalue weighted by molar-refractivity contribution is 5.74. The summed E-state index contributed by atoms with van der Waals surface area (Å²) in [6.07, 6.45) is 4.43. The van der Waals surface area contributed by atoms with Crippen molar-refractivity contribution in [2.24, 2.45) is 0 Å². The molecule has 1 aromatic rings. The number of aryl methyl sites for hydroxylation is 2. The summed E-state index contributed by atoms with van der Waals surface area (Å²) in [4.78, 5) is 11.7. The van der Waals surface area contributed by atoms with E-state index in [9.17, 15) is 9.90 Å². The number of aliphatic hydroxyl groups is 1. The lowest BCUT2D eigenvalue weighted by molar-refractivity contribution is 0.165. The fraction of sp³-hybridized carbons (Fsp3) is 0.667. The lowest BCUT2D eigenvalue weighted by atomic mass is 10.1. The minimum atomic E-state index is -0.598. The highest BCUT2D eigenvalue weighted by Crippen LogP contribution is 2.23. The predicted octanol–water partition coefficient (Wildman–Crippen LogP) is 2.56. The highest BCUT2D eigenvalue weighted by atomic mass is 16.3. The van der Waals surface area contributed by atoms with Crippen molar-refractivity contribution in [2.45, 2.75) is 58.1 Å². The van der Waals surface area contributed by atoms with Gasteiger partial charge in [0.1, 0.15) is 11.5 Å². The molecule has 20 heavy (non-hydrogen) atoms. The predicted molar refractivity (Wildman–Crippen MR) is 76.5 cm³/mol. The molecule has 2 rings (SSSR count). The average molecular weight is 280 g/mol. The van der Waals surface area contributed by atoms with Gasteiger partial charge in [0.2, 0.25) is 0 Å². The van der Waals surface area contributed by atoms with Crippen LogP contribution in [-0.4, -0.2) is 23.7 Å². The SMILES string of the molecule is Cc1cc([C@@H](O)CCNC(=O)NC2CCCC2)c(C)o1. The van der Waals surface area contributed by atoms with E-state index in [-0.39, 0.29) is 6.03 Å². The smallest absolute Gasteiger partial charge is 0.315 e. The summed E-state index contributed by atoms with van der Waals surface area (Å²) in [6.45, 7) is 4.14. The molecule has 1 atom stereocenters. The van der Waals surface area contributed by atoms with Crippen LogP contribution in [0.4, 0.5) is 4.79 Å². The second kappa shape index (κ2) is 6.79. The third-order valence-electron chi connectivity index (χ3n) is 3.83. The van der Waals surface area contributed by atoms with Crippen LogP contribution in [0, 0.1) is 13.8 Å². The van der Waals surface area contributed by atoms with E-state index >= 15 is 0 Å². The largest absolute Gasteiger partial charge is 0.466 e. The summed E-state index contributed by atoms with van der Waals surface area (Å²) in [5.74, 6) is 1.54. The van der Waals surface area contributed by atoms with E-state index in [4.69, 9.17) is 4.42 Å². The third kappa shape index (κ3) is 4.00. The minimum Gasteiger partial charge on any atom is -0.466 e. The maximum atomic E-state index is 11.7. The normalized spacial score (nSPS) is 17.1. The molecular weight excluding hydrogens is 256 g/mol. The standard InChI is InChI=1S/C15H24N2O3/c1-10-9-13(11(2)20-10)14(18)7-8-16-15(19)17-12-5-3-4-6-12/h9,12,14,18H,3-8H2,1-2H3,(H2,16,17,19)/t14-/m0/s1. The number of aliphatic hydroxyl groups excluding tert-OH is 1. The van der Waals surface area contributed by atoms with Crippen LogP contribution >= 0.6 is 0 Å². The topological polar surface area (TPSA) is 74.5 Å². The van der Waals surface area contributed by atoms with Gasteiger partial charge in [-0.15, -0.1) is 0 Å². The summed E-state index contributed by atoms with van der Waals surface area (Å²) < 4.78 is 5.39. The van der Waals surface area contributed by atoms with Crippen LogP contribution in [0.2, 0.25) is 0 Å². The molecule has 1 heterocycles. The second-order valence-corrected chi connectivity index (χ2v) is 5.55. The summed E-state index contributed by atoms with van der Waals surface area (Å²) >= 11 is 0. The summed E-state index contributed by atoms with van der Waals surface area (Å²) in [5.41, 5.74) is 0.806. The first kappa shape index (κ1) is 14.9. The van der Waals surface area contributed by atoms with Gasteiger partial charge in [0.05, 0.1) is 6.10 Å². The zero-order chi connectivity index (χ0) is 14.5. The Balaban J connectivity index is 1.69. The molecule has 1 aliphatic carbocycles. The van der Waals surface area contributed by atoms with Gasteiger partial charge in [0.25, 0.3) is 0 Å². The van der Waals surface area contributed by atoms with E-state index in [1.54, 1.807) is 0 Å². The van der Waals surface area contributed by atoms with Gasteiger partial charge in [-0.1, -0.05) is 12.8 Å². The van der Waals surface area contributed by atoms with Crippen molar-refractivity contribution in [1.82, 2.24) is 10.6 Å². The van der Waals surface area contributed by atoms with Crippen LogP contribution in [0.3, 0.4) is 0 Å². The first-order valence-electron chi connectivity index (χ1n) is 7.35. The molecule has 2 amide bonds. The van der Waals surface area contributed by atoms with Crippen LogP contribution in [-0.2, 0) is 0 Å². The van der Waals surface area contributed by atoms with E-state index in [0.29, 0.717) is 19.0 Å². The Morgan fingerprint density at radius 2 is 2.15 bits per heavy atom. The van der Waals surface area contributed by atoms with Crippen molar-refractivity contribution in [3.8, 4) is 0 Å². The molecule has 0 saturated heterocycles. The lowest BCUT2D eigenvalue weighted by Crippen LogP contribution is -2.41. The fourth-order valence-electron chi connectivity index (χ4n) is 2.77. The molecule has 0 bridgehead atoms. The van der Waals surface area contributed by atoms with Gasteiger partial charge in [-0.25, -0.2) is 4.79 Å². The van der Waals surface area contributed by atoms with E-state index in [0.717, 1.165) is 29.9 Å². The summed E-state index contributed by atoms with van der Waals surface area (Å²) in [7, 11) is 0. The molecule has 0 unspecified atom stereocenters. The van der Waals surface area contributed by atoms with Gasteiger partial charge in [0.15, 0.2) is 0 Å². The fourth-order valence-corrected chi connectivity index (χ4v) is 2.77. The Bertz CT molecular complexity index is 450. The quantitative estimate of drug-likeness (QED) is 0.776. The van der Waals surface area contributed by atoms with Crippen LogP contribution in [0.1, 0.15) is 55.3 Å². The molecule has 0 aliphatic heterocycles. The number of furan rings is 1. The average Bonchev–Trinajstić information content (AvgIpc) is 2.98. The van der Waals surface area contributed by atoms with Crippen molar-refractivity contribution < 1.29 is 14.3 Å². The summed E-state index contributed by atoms with van der Waals surface area (Å²) in [6, 6.07) is 2.03. The van der Waals surface area contributed by atoms with Gasteiger partial charge < -0.3 is 20.2 Å². The number of nitrogens with one attached hydrogen (secondary N) is 2. The minimum absolute atomic E-state index is 0.135. The first-order valence-corrected chi connectivity index (χ1v) is 7.35. The van der Waals surface area contributed by atoms with Gasteiger partial charge in [-0.3, -0.25) is 0 Å². The van der Waals surface area contributed by atoms with E-state index in [1.807, 2.05) is 19.9 Å². The zero-order valence-corrected chi connectivity index (χ0v) is 12.2. The van der Waals surface area contributed by atoms with Crippen LogP contribution < -0.4 is 10.6 Å². The van der Waals surface area contributed by atoms with Crippen molar-refractivity contribution >= 4 is 6.03 Å². The molecule has 3 N–H and O–H groups in total. The molecule has 1 aliphatic rings. The monoisotopic (exact) mass is 280 g/mol. The molecular formula is C15H24N2O3. The van der Waals surface area contributed by atoms with Crippen LogP contribution in [0.5, 0.6) is 0 Å². The number of carbonyl (C=O) groups is 1. The van der Waals surface area contributed by atoms with Crippen molar-refractivity contribution in [3.63, 3.8) is 0 Å². The van der Waals surface area contributed by atoms with Gasteiger partial charge >= 0.3 is 6.03 Å². The molecule has 1 aromatic heterocycles. The molecule has 5 nitrogen and oxygen atoms in total. The summed E-state index contributed by atoms with van der Waals surface area (Å²) in [5, 5.41) is 15.8. The lowest BCUT2D eigenvalue weighted by Gasteiger charge is -2.14. The molecule has 5 heteroatoms. The van der Waals surface area contributed by atoms with Crippen molar-refractivity contribution in [1.29, 1.82) is 0 Å². The van der Waals surface area contributed by atoms with Crippen LogP contribution in [0.15, 0.2) is 10.5 Å². The Labute approximate surface area is 119 Å². The first-order chi connectivity index (χ1) is 9.56. The molecule has 0 radical (unpaired) electrons. The Morgan fingerprint density at radius 3 is 2.75 bits per heavy atom. The van der Waals surface area contributed by atoms with Crippen LogP contribution in [0.25, 0.3) is 0 Å². The number of urea groups is 1. The number of rotatable bonds is 5. The van der Waals surface area contributed by atoms with E-state index in [1.165, 1.54) is 12.8 Å². The van der Waals surface area contributed by atoms with Crippen molar-refractivity contribution in [2.75, 3.05) is 6.54 Å². The van der Waals surface area contributed by atoms with Gasteiger partial charge in [-0.05, 0) is 39.2 Å². The molecule has 1 fully saturated rings. The number of amides is 2. The molecule has 0 aromatic carbocycles. The maximum absolute atomic E-state index is 11.7. The van der Waals surface area contributed by atoms with Gasteiger partial charge in [0, 0.05) is 18.2 Å². The molecule has 0 spiro atoms. The maximum Gasteiger partial charge on any atom is 0.315 e. The van der Waals surface area contributed by atoms with Crippen molar-refractivity contribution in [3.05, 3.63) is 23.2 Å². The second-order valence-electron chi connectivity index (χ2n) is 5.55. The number of carbonyl (C=O) groups excluding carboxylic acids is 1. The number of hydrogen-bond donors (Lipinski definition) is 3. The zero-order valence-electron chi connectivity index (χ0n) is 12.2. The van der Waals surface area contributed by atoms with E-state index < -0.39 is 6.10 Å². The highest BCUT2D eigenvalue weighted by Gasteiger charge is 2.18. The van der Waals surface area contributed by atoms with E-state index in [2.05, 4.69) is 10.6 Å². The molecule has 112 valence electrons. The third-order valence-corrected chi connectivity index (χ3v) is 3.83. The number of hydrogen-bond acceptors (Lipinski definition) is 3.